The topological polar surface area (TPSA) is 47.2 Å². The highest BCUT2D eigenvalue weighted by atomic mass is 32.2. The predicted octanol–water partition coefficient (Wildman–Crippen LogP) is 1.41. The van der Waals surface area contributed by atoms with E-state index in [0.29, 0.717) is 0 Å². The first-order valence-corrected chi connectivity index (χ1v) is 5.58. The third kappa shape index (κ3) is 2.62. The Labute approximate surface area is 88.4 Å². The molecule has 0 saturated heterocycles. The second-order valence-corrected chi connectivity index (χ2v) is 4.28. The molecule has 78 valence electrons. The SMILES string of the molecule is Cc1c(SCCCO)cc[n+]([O-])c1C. The fraction of sp³-hybridized carbons (Fsp3) is 0.500. The van der Waals surface area contributed by atoms with Crippen LogP contribution in [0, 0.1) is 19.1 Å². The highest BCUT2D eigenvalue weighted by Gasteiger charge is 2.08. The Morgan fingerprint density at radius 2 is 2.21 bits per heavy atom. The molecule has 1 heterocycles. The number of hydrogen-bond donors (Lipinski definition) is 1. The largest absolute Gasteiger partial charge is 0.619 e. The third-order valence-electron chi connectivity index (χ3n) is 2.16. The molecule has 0 aromatic carbocycles. The Kier molecular flexibility index (Phi) is 4.22. The lowest BCUT2D eigenvalue weighted by atomic mass is 10.2. The molecule has 0 aliphatic carbocycles. The van der Waals surface area contributed by atoms with Crippen molar-refractivity contribution in [1.82, 2.24) is 0 Å². The second-order valence-electron chi connectivity index (χ2n) is 3.14. The molecular weight excluding hydrogens is 198 g/mol. The monoisotopic (exact) mass is 213 g/mol. The van der Waals surface area contributed by atoms with Gasteiger partial charge in [0.05, 0.1) is 0 Å². The van der Waals surface area contributed by atoms with Gasteiger partial charge in [-0.25, -0.2) is 0 Å². The molecule has 14 heavy (non-hydrogen) atoms. The standard InChI is InChI=1S/C10H15NO2S/c1-8-9(2)11(13)5-4-10(8)14-7-3-6-12/h4-5,12H,3,6-7H2,1-2H3. The minimum atomic E-state index is 0.222. The number of aliphatic hydroxyl groups excluding tert-OH is 1. The average molecular weight is 213 g/mol. The Hall–Kier alpha value is -0.740. The van der Waals surface area contributed by atoms with Gasteiger partial charge in [-0.05, 0) is 13.3 Å². The van der Waals surface area contributed by atoms with E-state index in [2.05, 4.69) is 0 Å². The van der Waals surface area contributed by atoms with Crippen molar-refractivity contribution < 1.29 is 9.84 Å². The summed E-state index contributed by atoms with van der Waals surface area (Å²) in [6.45, 7) is 3.99. The summed E-state index contributed by atoms with van der Waals surface area (Å²) in [5.41, 5.74) is 1.78. The van der Waals surface area contributed by atoms with Crippen LogP contribution in [0.3, 0.4) is 0 Å². The van der Waals surface area contributed by atoms with E-state index in [1.165, 1.54) is 6.20 Å². The van der Waals surface area contributed by atoms with E-state index in [1.807, 2.05) is 19.9 Å². The molecular formula is C10H15NO2S. The van der Waals surface area contributed by atoms with Gasteiger partial charge < -0.3 is 10.3 Å². The molecule has 0 aliphatic rings. The van der Waals surface area contributed by atoms with Crippen molar-refractivity contribution in [3.8, 4) is 0 Å². The second kappa shape index (κ2) is 5.22. The summed E-state index contributed by atoms with van der Waals surface area (Å²) in [7, 11) is 0. The van der Waals surface area contributed by atoms with Gasteiger partial charge in [-0.1, -0.05) is 0 Å². The van der Waals surface area contributed by atoms with Crippen molar-refractivity contribution in [2.24, 2.45) is 0 Å². The molecule has 3 nitrogen and oxygen atoms in total. The average Bonchev–Trinajstić information content (AvgIpc) is 2.18. The lowest BCUT2D eigenvalue weighted by Crippen LogP contribution is -2.30. The number of nitrogens with zero attached hydrogens (tertiary/aromatic N) is 1. The fourth-order valence-electron chi connectivity index (χ4n) is 1.12. The van der Waals surface area contributed by atoms with E-state index in [1.54, 1.807) is 11.8 Å². The number of aliphatic hydroxyl groups is 1. The van der Waals surface area contributed by atoms with Crippen LogP contribution < -0.4 is 4.73 Å². The van der Waals surface area contributed by atoms with Gasteiger partial charge in [0.1, 0.15) is 0 Å². The van der Waals surface area contributed by atoms with E-state index >= 15 is 0 Å². The molecule has 1 rings (SSSR count). The number of pyridine rings is 1. The van der Waals surface area contributed by atoms with E-state index in [-0.39, 0.29) is 6.61 Å². The zero-order valence-electron chi connectivity index (χ0n) is 8.49. The van der Waals surface area contributed by atoms with E-state index in [0.717, 1.165) is 33.1 Å². The van der Waals surface area contributed by atoms with Crippen molar-refractivity contribution in [2.75, 3.05) is 12.4 Å². The molecule has 0 amide bonds. The molecule has 0 bridgehead atoms. The van der Waals surface area contributed by atoms with Crippen molar-refractivity contribution in [3.63, 3.8) is 0 Å². The van der Waals surface area contributed by atoms with Gasteiger partial charge >= 0.3 is 0 Å². The summed E-state index contributed by atoms with van der Waals surface area (Å²) in [5, 5.41) is 19.8. The highest BCUT2D eigenvalue weighted by Crippen LogP contribution is 2.22. The summed E-state index contributed by atoms with van der Waals surface area (Å²) in [6, 6.07) is 1.83. The smallest absolute Gasteiger partial charge is 0.193 e. The first-order valence-electron chi connectivity index (χ1n) is 4.60. The number of hydrogen-bond acceptors (Lipinski definition) is 3. The number of rotatable bonds is 4. The molecule has 1 N–H and O–H groups in total. The van der Waals surface area contributed by atoms with E-state index in [4.69, 9.17) is 5.11 Å². The Balaban J connectivity index is 2.73. The molecule has 1 aromatic heterocycles. The molecule has 0 spiro atoms. The van der Waals surface area contributed by atoms with Crippen LogP contribution in [0.4, 0.5) is 0 Å². The Morgan fingerprint density at radius 3 is 2.86 bits per heavy atom. The van der Waals surface area contributed by atoms with E-state index in [9.17, 15) is 5.21 Å². The van der Waals surface area contributed by atoms with Crippen LogP contribution >= 0.6 is 11.8 Å². The van der Waals surface area contributed by atoms with E-state index < -0.39 is 0 Å². The molecule has 0 radical (unpaired) electrons. The van der Waals surface area contributed by atoms with Crippen LogP contribution in [0.5, 0.6) is 0 Å². The normalized spacial score (nSPS) is 10.5. The Morgan fingerprint density at radius 1 is 1.50 bits per heavy atom. The summed E-state index contributed by atoms with van der Waals surface area (Å²) in [5.74, 6) is 0.889. The fourth-order valence-corrected chi connectivity index (χ4v) is 2.13. The lowest BCUT2D eigenvalue weighted by molar-refractivity contribution is -0.613. The maximum atomic E-state index is 11.2. The zero-order valence-corrected chi connectivity index (χ0v) is 9.30. The van der Waals surface area contributed by atoms with Gasteiger partial charge in [0.2, 0.25) is 0 Å². The van der Waals surface area contributed by atoms with Crippen LogP contribution in [0.1, 0.15) is 17.7 Å². The summed E-state index contributed by atoms with van der Waals surface area (Å²) in [6.07, 6.45) is 2.32. The van der Waals surface area contributed by atoms with Crippen molar-refractivity contribution in [2.45, 2.75) is 25.2 Å². The van der Waals surface area contributed by atoms with Crippen LogP contribution in [0.25, 0.3) is 0 Å². The van der Waals surface area contributed by atoms with Gasteiger partial charge in [-0.3, -0.25) is 0 Å². The quantitative estimate of drug-likeness (QED) is 0.356. The van der Waals surface area contributed by atoms with Crippen LogP contribution in [-0.2, 0) is 0 Å². The van der Waals surface area contributed by atoms with Crippen molar-refractivity contribution >= 4 is 11.8 Å². The lowest BCUT2D eigenvalue weighted by Gasteiger charge is -2.07. The third-order valence-corrected chi connectivity index (χ3v) is 3.41. The minimum absolute atomic E-state index is 0.222. The van der Waals surface area contributed by atoms with Gasteiger partial charge in [0, 0.05) is 35.8 Å². The highest BCUT2D eigenvalue weighted by molar-refractivity contribution is 7.99. The van der Waals surface area contributed by atoms with Gasteiger partial charge in [0.15, 0.2) is 11.9 Å². The molecule has 0 unspecified atom stereocenters. The molecule has 0 saturated carbocycles. The number of thioether (sulfide) groups is 1. The van der Waals surface area contributed by atoms with Crippen molar-refractivity contribution in [3.05, 3.63) is 28.7 Å². The zero-order chi connectivity index (χ0) is 10.6. The van der Waals surface area contributed by atoms with Crippen LogP contribution in [0.15, 0.2) is 17.2 Å². The minimum Gasteiger partial charge on any atom is -0.619 e. The molecule has 0 aliphatic heterocycles. The predicted molar refractivity (Wildman–Crippen MR) is 57.3 cm³/mol. The first-order chi connectivity index (χ1) is 6.66. The van der Waals surface area contributed by atoms with Crippen molar-refractivity contribution in [1.29, 1.82) is 0 Å². The molecule has 1 aromatic rings. The maximum Gasteiger partial charge on any atom is 0.193 e. The summed E-state index contributed by atoms with van der Waals surface area (Å²) >= 11 is 1.68. The molecule has 0 fully saturated rings. The number of aromatic nitrogens is 1. The van der Waals surface area contributed by atoms with Gasteiger partial charge in [-0.2, -0.15) is 4.73 Å². The molecule has 0 atom stereocenters. The summed E-state index contributed by atoms with van der Waals surface area (Å²) in [4.78, 5) is 1.13. The Bertz CT molecular complexity index is 315. The van der Waals surface area contributed by atoms with Gasteiger partial charge in [0.25, 0.3) is 0 Å². The summed E-state index contributed by atoms with van der Waals surface area (Å²) < 4.78 is 0.880. The molecule has 4 heteroatoms. The van der Waals surface area contributed by atoms with Crippen LogP contribution in [0.2, 0.25) is 0 Å². The van der Waals surface area contributed by atoms with Gasteiger partial charge in [-0.15, -0.1) is 11.8 Å². The first kappa shape index (κ1) is 11.3. The maximum absolute atomic E-state index is 11.2. The van der Waals surface area contributed by atoms with Crippen LogP contribution in [-0.4, -0.2) is 17.5 Å².